The molecule has 1 aromatic carbocycles. The molecule has 1 atom stereocenters. The number of nitrogens with zero attached hydrogens (tertiary/aromatic N) is 1. The van der Waals surface area contributed by atoms with Gasteiger partial charge in [0.25, 0.3) is 0 Å². The van der Waals surface area contributed by atoms with Crippen molar-refractivity contribution in [1.29, 1.82) is 0 Å². The van der Waals surface area contributed by atoms with Crippen molar-refractivity contribution in [2.45, 2.75) is 31.7 Å². The Balaban J connectivity index is 2.38. The second-order valence-electron chi connectivity index (χ2n) is 5.05. The van der Waals surface area contributed by atoms with Gasteiger partial charge in [0.2, 0.25) is 10.0 Å². The zero-order valence-electron chi connectivity index (χ0n) is 12.3. The average molecular weight is 305 g/mol. The number of rotatable bonds is 4. The fourth-order valence-electron chi connectivity index (χ4n) is 2.18. The zero-order valence-corrected chi connectivity index (χ0v) is 13.1. The Hall–Kier alpha value is -1.92. The van der Waals surface area contributed by atoms with Gasteiger partial charge in [0.15, 0.2) is 0 Å². The van der Waals surface area contributed by atoms with E-state index in [4.69, 9.17) is 5.73 Å². The van der Waals surface area contributed by atoms with Gasteiger partial charge in [-0.05, 0) is 55.7 Å². The number of benzene rings is 1. The maximum atomic E-state index is 12.6. The minimum atomic E-state index is -3.69. The lowest BCUT2D eigenvalue weighted by Crippen LogP contribution is -2.28. The molecule has 0 aliphatic heterocycles. The third-order valence-corrected chi connectivity index (χ3v) is 5.26. The fourth-order valence-corrected chi connectivity index (χ4v) is 3.84. The monoisotopic (exact) mass is 305 g/mol. The first-order valence-electron chi connectivity index (χ1n) is 6.61. The first kappa shape index (κ1) is 15.5. The van der Waals surface area contributed by atoms with Gasteiger partial charge in [-0.15, -0.1) is 0 Å². The van der Waals surface area contributed by atoms with Crippen LogP contribution in [0.5, 0.6) is 0 Å². The predicted octanol–water partition coefficient (Wildman–Crippen LogP) is 2.32. The van der Waals surface area contributed by atoms with Crippen LogP contribution in [0.4, 0.5) is 5.69 Å². The van der Waals surface area contributed by atoms with Gasteiger partial charge in [-0.2, -0.15) is 0 Å². The summed E-state index contributed by atoms with van der Waals surface area (Å²) in [5.74, 6) is 0. The molecule has 0 saturated carbocycles. The van der Waals surface area contributed by atoms with Crippen molar-refractivity contribution in [3.8, 4) is 0 Å². The number of anilines is 1. The van der Waals surface area contributed by atoms with E-state index in [0.717, 1.165) is 11.1 Å². The molecule has 2 rings (SSSR count). The molecule has 0 fully saturated rings. The van der Waals surface area contributed by atoms with Gasteiger partial charge in [0.1, 0.15) is 4.90 Å². The van der Waals surface area contributed by atoms with E-state index < -0.39 is 10.0 Å². The zero-order chi connectivity index (χ0) is 15.6. The van der Waals surface area contributed by atoms with Crippen LogP contribution in [0.25, 0.3) is 0 Å². The molecule has 0 radical (unpaired) electrons. The van der Waals surface area contributed by atoms with Crippen LogP contribution in [0.2, 0.25) is 0 Å². The van der Waals surface area contributed by atoms with Gasteiger partial charge in [-0.1, -0.05) is 6.07 Å². The maximum Gasteiger partial charge on any atom is 0.243 e. The highest BCUT2D eigenvalue weighted by atomic mass is 32.2. The van der Waals surface area contributed by atoms with Crippen LogP contribution in [0, 0.1) is 13.8 Å². The molecule has 0 bridgehead atoms. The van der Waals surface area contributed by atoms with Crippen molar-refractivity contribution in [2.75, 3.05) is 5.73 Å². The third kappa shape index (κ3) is 3.22. The van der Waals surface area contributed by atoms with Gasteiger partial charge >= 0.3 is 0 Å². The molecular formula is C15H19N3O2S. The van der Waals surface area contributed by atoms with E-state index >= 15 is 0 Å². The van der Waals surface area contributed by atoms with Crippen LogP contribution in [-0.4, -0.2) is 13.4 Å². The topological polar surface area (TPSA) is 85.1 Å². The smallest absolute Gasteiger partial charge is 0.243 e. The summed E-state index contributed by atoms with van der Waals surface area (Å²) in [6, 6.07) is 6.63. The van der Waals surface area contributed by atoms with Crippen molar-refractivity contribution in [1.82, 2.24) is 9.71 Å². The quantitative estimate of drug-likeness (QED) is 0.849. The highest BCUT2D eigenvalue weighted by Crippen LogP contribution is 2.26. The Bertz CT molecular complexity index is 743. The number of sulfonamides is 1. The second kappa shape index (κ2) is 5.83. The van der Waals surface area contributed by atoms with E-state index in [1.54, 1.807) is 44.4 Å². The van der Waals surface area contributed by atoms with Crippen molar-refractivity contribution in [2.24, 2.45) is 0 Å². The number of nitrogens with two attached hydrogens (primary N) is 1. The van der Waals surface area contributed by atoms with E-state index in [9.17, 15) is 8.42 Å². The van der Waals surface area contributed by atoms with Crippen molar-refractivity contribution in [3.05, 3.63) is 53.3 Å². The third-order valence-electron chi connectivity index (χ3n) is 3.51. The summed E-state index contributed by atoms with van der Waals surface area (Å²) < 4.78 is 27.9. The number of hydrogen-bond donors (Lipinski definition) is 2. The molecule has 0 amide bonds. The molecule has 0 spiro atoms. The largest absolute Gasteiger partial charge is 0.398 e. The van der Waals surface area contributed by atoms with E-state index in [-0.39, 0.29) is 16.6 Å². The lowest BCUT2D eigenvalue weighted by Gasteiger charge is -2.17. The molecule has 0 saturated heterocycles. The first-order chi connectivity index (χ1) is 9.83. The molecule has 6 heteroatoms. The highest BCUT2D eigenvalue weighted by molar-refractivity contribution is 7.89. The molecule has 0 aliphatic carbocycles. The molecule has 1 aromatic heterocycles. The summed E-state index contributed by atoms with van der Waals surface area (Å²) >= 11 is 0. The Kier molecular flexibility index (Phi) is 4.29. The molecule has 2 aromatic rings. The molecule has 112 valence electrons. The SMILES string of the molecule is Cc1ccc(N)c(S(=O)(=O)NC(C)c2ccncc2)c1C. The minimum Gasteiger partial charge on any atom is -0.398 e. The van der Waals surface area contributed by atoms with Gasteiger partial charge in [-0.3, -0.25) is 4.98 Å². The summed E-state index contributed by atoms with van der Waals surface area (Å²) in [6.07, 6.45) is 3.26. The lowest BCUT2D eigenvalue weighted by molar-refractivity contribution is 0.566. The second-order valence-corrected chi connectivity index (χ2v) is 6.70. The predicted molar refractivity (Wildman–Crippen MR) is 83.3 cm³/mol. The van der Waals surface area contributed by atoms with Crippen LogP contribution < -0.4 is 10.5 Å². The van der Waals surface area contributed by atoms with Gasteiger partial charge in [-0.25, -0.2) is 13.1 Å². The van der Waals surface area contributed by atoms with E-state index in [2.05, 4.69) is 9.71 Å². The van der Waals surface area contributed by atoms with Gasteiger partial charge in [0, 0.05) is 18.4 Å². The highest BCUT2D eigenvalue weighted by Gasteiger charge is 2.23. The first-order valence-corrected chi connectivity index (χ1v) is 8.09. The van der Waals surface area contributed by atoms with Crippen LogP contribution in [0.15, 0.2) is 41.6 Å². The Morgan fingerprint density at radius 3 is 2.38 bits per heavy atom. The van der Waals surface area contributed by atoms with Gasteiger partial charge < -0.3 is 5.73 Å². The summed E-state index contributed by atoms with van der Waals surface area (Å²) in [7, 11) is -3.69. The molecular weight excluding hydrogens is 286 g/mol. The van der Waals surface area contributed by atoms with E-state index in [1.807, 2.05) is 13.0 Å². The van der Waals surface area contributed by atoms with Crippen molar-refractivity contribution < 1.29 is 8.42 Å². The molecule has 0 aliphatic rings. The molecule has 1 heterocycles. The van der Waals surface area contributed by atoms with Crippen molar-refractivity contribution in [3.63, 3.8) is 0 Å². The fraction of sp³-hybridized carbons (Fsp3) is 0.267. The van der Waals surface area contributed by atoms with E-state index in [1.165, 1.54) is 0 Å². The number of nitrogen functional groups attached to an aromatic ring is 1. The molecule has 3 N–H and O–H groups in total. The van der Waals surface area contributed by atoms with Crippen LogP contribution in [0.3, 0.4) is 0 Å². The van der Waals surface area contributed by atoms with E-state index in [0.29, 0.717) is 5.56 Å². The molecule has 21 heavy (non-hydrogen) atoms. The van der Waals surface area contributed by atoms with Gasteiger partial charge in [0.05, 0.1) is 5.69 Å². The molecule has 1 unspecified atom stereocenters. The summed E-state index contributed by atoms with van der Waals surface area (Å²) in [5, 5.41) is 0. The molecule has 5 nitrogen and oxygen atoms in total. The minimum absolute atomic E-state index is 0.156. The number of aromatic nitrogens is 1. The van der Waals surface area contributed by atoms with Crippen molar-refractivity contribution >= 4 is 15.7 Å². The normalized spacial score (nSPS) is 13.1. The number of nitrogens with one attached hydrogen (secondary N) is 1. The van der Waals surface area contributed by atoms with Crippen LogP contribution >= 0.6 is 0 Å². The number of hydrogen-bond acceptors (Lipinski definition) is 4. The number of pyridine rings is 1. The summed E-state index contributed by atoms with van der Waals surface area (Å²) in [5.41, 5.74) is 8.52. The summed E-state index contributed by atoms with van der Waals surface area (Å²) in [6.45, 7) is 5.41. The summed E-state index contributed by atoms with van der Waals surface area (Å²) in [4.78, 5) is 4.08. The Labute approximate surface area is 125 Å². The standard InChI is InChI=1S/C15H19N3O2S/c1-10-4-5-14(16)15(11(10)2)21(19,20)18-12(3)13-6-8-17-9-7-13/h4-9,12,18H,16H2,1-3H3. The lowest BCUT2D eigenvalue weighted by atomic mass is 10.1. The van der Waals surface area contributed by atoms with Crippen LogP contribution in [0.1, 0.15) is 29.7 Å². The Morgan fingerprint density at radius 2 is 1.76 bits per heavy atom. The maximum absolute atomic E-state index is 12.6. The number of aryl methyl sites for hydroxylation is 1. The van der Waals surface area contributed by atoms with Crippen LogP contribution in [-0.2, 0) is 10.0 Å². The average Bonchev–Trinajstić information content (AvgIpc) is 2.43. The Morgan fingerprint density at radius 1 is 1.14 bits per heavy atom.